The molecule has 0 radical (unpaired) electrons. The first-order valence-electron chi connectivity index (χ1n) is 8.93. The highest BCUT2D eigenvalue weighted by atomic mass is 32.1. The molecule has 144 valence electrons. The van der Waals surface area contributed by atoms with Gasteiger partial charge in [0.1, 0.15) is 0 Å². The third-order valence-corrected chi connectivity index (χ3v) is 6.08. The number of piperidine rings is 1. The summed E-state index contributed by atoms with van der Waals surface area (Å²) in [5.41, 5.74) is 0.551. The number of nitrogens with zero attached hydrogens (tertiary/aromatic N) is 2. The minimum atomic E-state index is -0.916. The zero-order valence-electron chi connectivity index (χ0n) is 15.3. The number of benzene rings is 1. The Kier molecular flexibility index (Phi) is 5.89. The summed E-state index contributed by atoms with van der Waals surface area (Å²) in [7, 11) is 1.68. The van der Waals surface area contributed by atoms with Crippen molar-refractivity contribution < 1.29 is 18.4 Å². The van der Waals surface area contributed by atoms with Gasteiger partial charge in [-0.15, -0.1) is 11.3 Å². The first-order valence-corrected chi connectivity index (χ1v) is 9.81. The van der Waals surface area contributed by atoms with E-state index in [2.05, 4.69) is 0 Å². The number of hydrogen-bond donors (Lipinski definition) is 0. The van der Waals surface area contributed by atoms with Gasteiger partial charge in [-0.2, -0.15) is 0 Å². The maximum atomic E-state index is 13.5. The standard InChI is InChI=1S/C20H22F2N2O2S/c1-13(15-5-6-16(21)17(22)12-15)23(2)19(25)14-7-9-24(10-8-14)20(26)18-4-3-11-27-18/h3-6,11-14H,7-10H2,1-2H3. The van der Waals surface area contributed by atoms with Gasteiger partial charge < -0.3 is 9.80 Å². The quantitative estimate of drug-likeness (QED) is 0.786. The molecular weight excluding hydrogens is 370 g/mol. The molecule has 2 aromatic rings. The Morgan fingerprint density at radius 3 is 2.48 bits per heavy atom. The monoisotopic (exact) mass is 392 g/mol. The zero-order valence-corrected chi connectivity index (χ0v) is 16.1. The van der Waals surface area contributed by atoms with Crippen molar-refractivity contribution in [1.29, 1.82) is 0 Å². The molecule has 1 unspecified atom stereocenters. The molecule has 3 rings (SSSR count). The molecule has 1 fully saturated rings. The van der Waals surface area contributed by atoms with Crippen molar-refractivity contribution >= 4 is 23.2 Å². The SMILES string of the molecule is CC(c1ccc(F)c(F)c1)N(C)C(=O)C1CCN(C(=O)c2cccs2)CC1. The number of likely N-dealkylation sites (tertiary alicyclic amines) is 1. The van der Waals surface area contributed by atoms with Crippen molar-refractivity contribution in [2.24, 2.45) is 5.92 Å². The van der Waals surface area contributed by atoms with E-state index in [1.165, 1.54) is 17.4 Å². The molecule has 0 aliphatic carbocycles. The van der Waals surface area contributed by atoms with Crippen molar-refractivity contribution in [3.63, 3.8) is 0 Å². The van der Waals surface area contributed by atoms with Gasteiger partial charge in [-0.05, 0) is 48.9 Å². The third kappa shape index (κ3) is 4.18. The maximum Gasteiger partial charge on any atom is 0.263 e. The molecule has 7 heteroatoms. The summed E-state index contributed by atoms with van der Waals surface area (Å²) in [5, 5.41) is 1.87. The molecule has 0 bridgehead atoms. The van der Waals surface area contributed by atoms with Gasteiger partial charge >= 0.3 is 0 Å². The molecule has 1 aromatic carbocycles. The Labute approximate surface area is 161 Å². The zero-order chi connectivity index (χ0) is 19.6. The topological polar surface area (TPSA) is 40.6 Å². The van der Waals surface area contributed by atoms with E-state index in [1.807, 2.05) is 17.5 Å². The molecule has 1 saturated heterocycles. The second-order valence-electron chi connectivity index (χ2n) is 6.84. The van der Waals surface area contributed by atoms with Crippen LogP contribution in [-0.4, -0.2) is 41.8 Å². The van der Waals surface area contributed by atoms with E-state index in [0.717, 1.165) is 12.1 Å². The molecule has 4 nitrogen and oxygen atoms in total. The minimum Gasteiger partial charge on any atom is -0.339 e. The van der Waals surface area contributed by atoms with Crippen LogP contribution in [0.25, 0.3) is 0 Å². The highest BCUT2D eigenvalue weighted by Gasteiger charge is 2.31. The molecule has 0 saturated carbocycles. The normalized spacial score (nSPS) is 16.2. The number of thiophene rings is 1. The Bertz CT molecular complexity index is 817. The molecular formula is C20H22F2N2O2S. The molecule has 2 amide bonds. The highest BCUT2D eigenvalue weighted by Crippen LogP contribution is 2.27. The van der Waals surface area contributed by atoms with Gasteiger partial charge in [0, 0.05) is 26.1 Å². The van der Waals surface area contributed by atoms with E-state index in [4.69, 9.17) is 0 Å². The summed E-state index contributed by atoms with van der Waals surface area (Å²) in [6.45, 7) is 2.88. The molecule has 0 spiro atoms. The summed E-state index contributed by atoms with van der Waals surface area (Å²) in [6.07, 6.45) is 1.20. The fraction of sp³-hybridized carbons (Fsp3) is 0.400. The number of rotatable bonds is 4. The average molecular weight is 392 g/mol. The summed E-state index contributed by atoms with van der Waals surface area (Å²) < 4.78 is 26.6. The Morgan fingerprint density at radius 2 is 1.89 bits per heavy atom. The Balaban J connectivity index is 1.59. The maximum absolute atomic E-state index is 13.5. The van der Waals surface area contributed by atoms with Crippen molar-refractivity contribution in [2.45, 2.75) is 25.8 Å². The minimum absolute atomic E-state index is 0.0133. The lowest BCUT2D eigenvalue weighted by Gasteiger charge is -2.35. The lowest BCUT2D eigenvalue weighted by Crippen LogP contribution is -2.43. The van der Waals surface area contributed by atoms with Crippen LogP contribution in [0.15, 0.2) is 35.7 Å². The van der Waals surface area contributed by atoms with Crippen LogP contribution in [0, 0.1) is 17.6 Å². The molecule has 1 aliphatic heterocycles. The van der Waals surface area contributed by atoms with Gasteiger partial charge in [0.05, 0.1) is 10.9 Å². The van der Waals surface area contributed by atoms with Crippen molar-refractivity contribution in [3.05, 3.63) is 57.8 Å². The fourth-order valence-corrected chi connectivity index (χ4v) is 4.05. The lowest BCUT2D eigenvalue weighted by atomic mass is 9.94. The van der Waals surface area contributed by atoms with E-state index < -0.39 is 11.6 Å². The number of carbonyl (C=O) groups excluding carboxylic acids is 2. The number of halogens is 2. The third-order valence-electron chi connectivity index (χ3n) is 5.22. The summed E-state index contributed by atoms with van der Waals surface area (Å²) in [4.78, 5) is 29.3. The molecule has 1 aliphatic rings. The van der Waals surface area contributed by atoms with Crippen molar-refractivity contribution in [2.75, 3.05) is 20.1 Å². The van der Waals surface area contributed by atoms with E-state index in [-0.39, 0.29) is 23.8 Å². The van der Waals surface area contributed by atoms with E-state index in [0.29, 0.717) is 36.4 Å². The molecule has 1 aromatic heterocycles. The van der Waals surface area contributed by atoms with Gasteiger partial charge in [0.25, 0.3) is 5.91 Å². The van der Waals surface area contributed by atoms with Gasteiger partial charge in [0.2, 0.25) is 5.91 Å². The van der Waals surface area contributed by atoms with Crippen LogP contribution in [0.3, 0.4) is 0 Å². The van der Waals surface area contributed by atoms with E-state index in [9.17, 15) is 18.4 Å². The van der Waals surface area contributed by atoms with Crippen LogP contribution in [-0.2, 0) is 4.79 Å². The van der Waals surface area contributed by atoms with E-state index in [1.54, 1.807) is 23.8 Å². The van der Waals surface area contributed by atoms with Gasteiger partial charge in [-0.1, -0.05) is 12.1 Å². The van der Waals surface area contributed by atoms with E-state index >= 15 is 0 Å². The second kappa shape index (κ2) is 8.17. The summed E-state index contributed by atoms with van der Waals surface area (Å²) in [6, 6.07) is 7.00. The van der Waals surface area contributed by atoms with Crippen LogP contribution in [0.2, 0.25) is 0 Å². The molecule has 0 N–H and O–H groups in total. The molecule has 27 heavy (non-hydrogen) atoms. The predicted molar refractivity (Wildman–Crippen MR) is 100 cm³/mol. The van der Waals surface area contributed by atoms with Gasteiger partial charge in [-0.3, -0.25) is 9.59 Å². The number of hydrogen-bond acceptors (Lipinski definition) is 3. The van der Waals surface area contributed by atoms with Crippen LogP contribution in [0.1, 0.15) is 41.0 Å². The van der Waals surface area contributed by atoms with Gasteiger partial charge in [-0.25, -0.2) is 8.78 Å². The summed E-state index contributed by atoms with van der Waals surface area (Å²) in [5.74, 6) is -2.01. The van der Waals surface area contributed by atoms with Crippen LogP contribution >= 0.6 is 11.3 Å². The molecule has 1 atom stereocenters. The van der Waals surface area contributed by atoms with Crippen molar-refractivity contribution in [1.82, 2.24) is 9.80 Å². The smallest absolute Gasteiger partial charge is 0.263 e. The lowest BCUT2D eigenvalue weighted by molar-refractivity contribution is -0.137. The number of carbonyl (C=O) groups is 2. The average Bonchev–Trinajstić information content (AvgIpc) is 3.22. The fourth-order valence-electron chi connectivity index (χ4n) is 3.36. The van der Waals surface area contributed by atoms with Crippen LogP contribution in [0.5, 0.6) is 0 Å². The predicted octanol–water partition coefficient (Wildman–Crippen LogP) is 4.10. The van der Waals surface area contributed by atoms with Crippen molar-refractivity contribution in [3.8, 4) is 0 Å². The largest absolute Gasteiger partial charge is 0.339 e. The number of amides is 2. The Morgan fingerprint density at radius 1 is 1.19 bits per heavy atom. The van der Waals surface area contributed by atoms with Crippen LogP contribution in [0.4, 0.5) is 8.78 Å². The molecule has 2 heterocycles. The first-order chi connectivity index (χ1) is 12.9. The highest BCUT2D eigenvalue weighted by molar-refractivity contribution is 7.12. The Hall–Kier alpha value is -2.28. The van der Waals surface area contributed by atoms with Gasteiger partial charge in [0.15, 0.2) is 11.6 Å². The second-order valence-corrected chi connectivity index (χ2v) is 7.79. The first kappa shape index (κ1) is 19.5. The summed E-state index contributed by atoms with van der Waals surface area (Å²) >= 11 is 1.42. The van der Waals surface area contributed by atoms with Crippen LogP contribution < -0.4 is 0 Å².